The number of carbonyl (C=O) groups is 1. The van der Waals surface area contributed by atoms with Crippen molar-refractivity contribution in [3.05, 3.63) is 36.2 Å². The molecule has 1 N–H and O–H groups in total. The first kappa shape index (κ1) is 15.0. The molecule has 112 valence electrons. The molecule has 21 heavy (non-hydrogen) atoms. The summed E-state index contributed by atoms with van der Waals surface area (Å²) >= 11 is 0. The molecule has 0 aliphatic carbocycles. The van der Waals surface area contributed by atoms with Crippen molar-refractivity contribution in [1.29, 1.82) is 0 Å². The summed E-state index contributed by atoms with van der Waals surface area (Å²) < 4.78 is 7.13. The second-order valence-corrected chi connectivity index (χ2v) is 4.86. The molecule has 0 fully saturated rings. The highest BCUT2D eigenvalue weighted by molar-refractivity contribution is 6.03. The quantitative estimate of drug-likeness (QED) is 0.859. The topological polar surface area (TPSA) is 72.3 Å². The van der Waals surface area contributed by atoms with Gasteiger partial charge in [0.25, 0.3) is 5.91 Å². The van der Waals surface area contributed by atoms with Gasteiger partial charge in [-0.15, -0.1) is 0 Å². The van der Waals surface area contributed by atoms with Crippen molar-refractivity contribution in [3.8, 4) is 5.88 Å². The van der Waals surface area contributed by atoms with Crippen molar-refractivity contribution in [1.82, 2.24) is 19.7 Å². The van der Waals surface area contributed by atoms with E-state index in [1.54, 1.807) is 42.3 Å². The zero-order valence-corrected chi connectivity index (χ0v) is 12.4. The van der Waals surface area contributed by atoms with Crippen molar-refractivity contribution in [2.24, 2.45) is 7.05 Å². The number of nitrogens with one attached hydrogen (secondary N) is 1. The highest BCUT2D eigenvalue weighted by atomic mass is 16.5. The fraction of sp³-hybridized carbons (Fsp3) is 0.357. The van der Waals surface area contributed by atoms with E-state index in [2.05, 4.69) is 15.4 Å². The molecule has 1 amide bonds. The maximum absolute atomic E-state index is 12.1. The first-order valence-corrected chi connectivity index (χ1v) is 6.59. The van der Waals surface area contributed by atoms with E-state index >= 15 is 0 Å². The molecule has 2 aromatic heterocycles. The third-order valence-electron chi connectivity index (χ3n) is 2.74. The standard InChI is InChI=1S/C14H19N5O2/c1-18(2)8-9-21-13-10-11(4-6-15-13)14(20)16-12-5-7-19(3)17-12/h4-7,10H,8-9H2,1-3H3,(H,16,17,20). The summed E-state index contributed by atoms with van der Waals surface area (Å²) in [7, 11) is 5.72. The van der Waals surface area contributed by atoms with Crippen LogP contribution in [0.5, 0.6) is 5.88 Å². The largest absolute Gasteiger partial charge is 0.476 e. The number of anilines is 1. The molecule has 0 aliphatic rings. The minimum absolute atomic E-state index is 0.242. The lowest BCUT2D eigenvalue weighted by molar-refractivity contribution is 0.102. The van der Waals surface area contributed by atoms with E-state index in [0.717, 1.165) is 6.54 Å². The Labute approximate surface area is 123 Å². The van der Waals surface area contributed by atoms with E-state index in [1.165, 1.54) is 0 Å². The van der Waals surface area contributed by atoms with Crippen LogP contribution in [0.3, 0.4) is 0 Å². The summed E-state index contributed by atoms with van der Waals surface area (Å²) in [6.07, 6.45) is 3.32. The number of nitrogens with zero attached hydrogens (tertiary/aromatic N) is 4. The molecule has 2 heterocycles. The van der Waals surface area contributed by atoms with E-state index < -0.39 is 0 Å². The van der Waals surface area contributed by atoms with E-state index in [-0.39, 0.29) is 5.91 Å². The Morgan fingerprint density at radius 3 is 2.90 bits per heavy atom. The van der Waals surface area contributed by atoms with Gasteiger partial charge >= 0.3 is 0 Å². The molecule has 0 saturated heterocycles. The number of hydrogen-bond donors (Lipinski definition) is 1. The van der Waals surface area contributed by atoms with E-state index in [1.807, 2.05) is 19.0 Å². The summed E-state index contributed by atoms with van der Waals surface area (Å²) in [4.78, 5) is 18.2. The summed E-state index contributed by atoms with van der Waals surface area (Å²) in [5, 5.41) is 6.82. The predicted octanol–water partition coefficient (Wildman–Crippen LogP) is 1.01. The van der Waals surface area contributed by atoms with Gasteiger partial charge in [-0.2, -0.15) is 5.10 Å². The van der Waals surface area contributed by atoms with Crippen LogP contribution in [0, 0.1) is 0 Å². The van der Waals surface area contributed by atoms with E-state index in [0.29, 0.717) is 23.9 Å². The molecule has 0 radical (unpaired) electrons. The fourth-order valence-corrected chi connectivity index (χ4v) is 1.63. The van der Waals surface area contributed by atoms with Gasteiger partial charge in [0.2, 0.25) is 5.88 Å². The Kier molecular flexibility index (Phi) is 4.89. The first-order chi connectivity index (χ1) is 10.0. The van der Waals surface area contributed by atoms with Crippen molar-refractivity contribution in [3.63, 3.8) is 0 Å². The Morgan fingerprint density at radius 2 is 2.24 bits per heavy atom. The molecule has 0 bridgehead atoms. The number of aromatic nitrogens is 3. The van der Waals surface area contributed by atoms with Gasteiger partial charge in [0, 0.05) is 43.7 Å². The molecule has 0 aliphatic heterocycles. The number of ether oxygens (including phenoxy) is 1. The zero-order chi connectivity index (χ0) is 15.2. The molecule has 0 saturated carbocycles. The van der Waals surface area contributed by atoms with E-state index in [9.17, 15) is 4.79 Å². The summed E-state index contributed by atoms with van der Waals surface area (Å²) in [6.45, 7) is 1.30. The molecular formula is C14H19N5O2. The van der Waals surface area contributed by atoms with Crippen LogP contribution in [0.4, 0.5) is 5.82 Å². The Hall–Kier alpha value is -2.41. The number of amides is 1. The van der Waals surface area contributed by atoms with Crippen molar-refractivity contribution in [2.45, 2.75) is 0 Å². The number of carbonyl (C=O) groups excluding carboxylic acids is 1. The Balaban J connectivity index is 1.97. The van der Waals surface area contributed by atoms with Gasteiger partial charge in [0.1, 0.15) is 6.61 Å². The van der Waals surface area contributed by atoms with Crippen molar-refractivity contribution < 1.29 is 9.53 Å². The summed E-state index contributed by atoms with van der Waals surface area (Å²) in [5.74, 6) is 0.702. The van der Waals surface area contributed by atoms with Gasteiger partial charge in [0.15, 0.2) is 5.82 Å². The molecule has 7 nitrogen and oxygen atoms in total. The zero-order valence-electron chi connectivity index (χ0n) is 12.4. The van der Waals surface area contributed by atoms with Crippen LogP contribution in [-0.2, 0) is 7.05 Å². The van der Waals surface area contributed by atoms with Crippen molar-refractivity contribution >= 4 is 11.7 Å². The molecule has 0 aromatic carbocycles. The monoisotopic (exact) mass is 289 g/mol. The number of rotatable bonds is 6. The number of aryl methyl sites for hydroxylation is 1. The third kappa shape index (κ3) is 4.57. The van der Waals surface area contributed by atoms with Crippen LogP contribution in [0.2, 0.25) is 0 Å². The lowest BCUT2D eigenvalue weighted by Crippen LogP contribution is -2.20. The minimum atomic E-state index is -0.242. The Bertz CT molecular complexity index is 609. The maximum atomic E-state index is 12.1. The highest BCUT2D eigenvalue weighted by Crippen LogP contribution is 2.11. The maximum Gasteiger partial charge on any atom is 0.257 e. The Morgan fingerprint density at radius 1 is 1.43 bits per heavy atom. The van der Waals surface area contributed by atoms with Gasteiger partial charge in [0.05, 0.1) is 0 Å². The molecule has 2 aromatic rings. The molecule has 0 unspecified atom stereocenters. The molecule has 0 spiro atoms. The number of likely N-dealkylation sites (N-methyl/N-ethyl adjacent to an activating group) is 1. The van der Waals surface area contributed by atoms with Crippen LogP contribution in [0.15, 0.2) is 30.6 Å². The second kappa shape index (κ2) is 6.85. The van der Waals surface area contributed by atoms with Crippen LogP contribution < -0.4 is 10.1 Å². The average molecular weight is 289 g/mol. The fourth-order valence-electron chi connectivity index (χ4n) is 1.63. The van der Waals surface area contributed by atoms with E-state index in [4.69, 9.17) is 4.74 Å². The van der Waals surface area contributed by atoms with Crippen molar-refractivity contribution in [2.75, 3.05) is 32.6 Å². The molecule has 2 rings (SSSR count). The normalized spacial score (nSPS) is 10.7. The summed E-state index contributed by atoms with van der Waals surface area (Å²) in [6, 6.07) is 4.98. The average Bonchev–Trinajstić information content (AvgIpc) is 2.84. The van der Waals surface area contributed by atoms with Gasteiger partial charge in [-0.3, -0.25) is 9.48 Å². The smallest absolute Gasteiger partial charge is 0.257 e. The van der Waals surface area contributed by atoms with Gasteiger partial charge < -0.3 is 15.0 Å². The second-order valence-electron chi connectivity index (χ2n) is 4.86. The third-order valence-corrected chi connectivity index (χ3v) is 2.74. The highest BCUT2D eigenvalue weighted by Gasteiger charge is 2.09. The SMILES string of the molecule is CN(C)CCOc1cc(C(=O)Nc2ccn(C)n2)ccn1. The lowest BCUT2D eigenvalue weighted by Gasteiger charge is -2.10. The van der Waals surface area contributed by atoms with Crippen LogP contribution in [-0.4, -0.2) is 52.8 Å². The van der Waals surface area contributed by atoms with Gasteiger partial charge in [-0.1, -0.05) is 0 Å². The first-order valence-electron chi connectivity index (χ1n) is 6.59. The molecular weight excluding hydrogens is 270 g/mol. The van der Waals surface area contributed by atoms with Crippen LogP contribution in [0.25, 0.3) is 0 Å². The van der Waals surface area contributed by atoms with Gasteiger partial charge in [-0.25, -0.2) is 4.98 Å². The summed E-state index contributed by atoms with van der Waals surface area (Å²) in [5.41, 5.74) is 0.482. The molecule has 0 atom stereocenters. The van der Waals surface area contributed by atoms with Crippen LogP contribution in [0.1, 0.15) is 10.4 Å². The predicted molar refractivity (Wildman–Crippen MR) is 79.4 cm³/mol. The number of hydrogen-bond acceptors (Lipinski definition) is 5. The minimum Gasteiger partial charge on any atom is -0.476 e. The van der Waals surface area contributed by atoms with Crippen LogP contribution >= 0.6 is 0 Å². The van der Waals surface area contributed by atoms with Gasteiger partial charge in [-0.05, 0) is 20.2 Å². The number of pyridine rings is 1. The molecule has 7 heteroatoms. The lowest BCUT2D eigenvalue weighted by atomic mass is 10.2.